The molecule has 2 fully saturated rings. The van der Waals surface area contributed by atoms with Crippen LogP contribution < -0.4 is 4.72 Å². The third-order valence-corrected chi connectivity index (χ3v) is 6.40. The molecule has 2 rings (SSSR count). The molecule has 1 saturated carbocycles. The number of nitrogens with zero attached hydrogens (tertiary/aromatic N) is 2. The van der Waals surface area contributed by atoms with Gasteiger partial charge < -0.3 is 9.64 Å². The summed E-state index contributed by atoms with van der Waals surface area (Å²) in [6, 6.07) is 0.354. The van der Waals surface area contributed by atoms with Crippen LogP contribution in [0.15, 0.2) is 0 Å². The molecule has 1 aliphatic heterocycles. The first-order chi connectivity index (χ1) is 9.94. The van der Waals surface area contributed by atoms with E-state index >= 15 is 0 Å². The lowest BCUT2D eigenvalue weighted by atomic mass is 9.99. The van der Waals surface area contributed by atoms with Crippen LogP contribution in [0.1, 0.15) is 32.1 Å². The molecule has 2 aliphatic rings. The van der Waals surface area contributed by atoms with E-state index in [9.17, 15) is 8.42 Å². The summed E-state index contributed by atoms with van der Waals surface area (Å²) in [6.07, 6.45) is 4.86. The number of piperidine rings is 1. The lowest BCUT2D eigenvalue weighted by Crippen LogP contribution is -2.52. The Bertz CT molecular complexity index is 419. The summed E-state index contributed by atoms with van der Waals surface area (Å²) in [4.78, 5) is 2.13. The first-order valence-electron chi connectivity index (χ1n) is 7.87. The van der Waals surface area contributed by atoms with Gasteiger partial charge in [-0.15, -0.1) is 0 Å². The molecule has 1 aliphatic carbocycles. The van der Waals surface area contributed by atoms with Crippen LogP contribution >= 0.6 is 0 Å². The predicted molar refractivity (Wildman–Crippen MR) is 83.3 cm³/mol. The molecular weight excluding hydrogens is 290 g/mol. The van der Waals surface area contributed by atoms with Gasteiger partial charge in [0.05, 0.1) is 0 Å². The van der Waals surface area contributed by atoms with Crippen molar-refractivity contribution in [2.75, 3.05) is 40.9 Å². The predicted octanol–water partition coefficient (Wildman–Crippen LogP) is 0.662. The van der Waals surface area contributed by atoms with Gasteiger partial charge in [0.15, 0.2) is 0 Å². The summed E-state index contributed by atoms with van der Waals surface area (Å²) in [5.41, 5.74) is 0. The Morgan fingerprint density at radius 3 is 2.43 bits per heavy atom. The molecule has 1 heterocycles. The average molecular weight is 319 g/mol. The van der Waals surface area contributed by atoms with Crippen LogP contribution in [0.5, 0.6) is 0 Å². The van der Waals surface area contributed by atoms with E-state index < -0.39 is 10.2 Å². The molecule has 0 aromatic heterocycles. The quantitative estimate of drug-likeness (QED) is 0.781. The van der Waals surface area contributed by atoms with Crippen molar-refractivity contribution in [3.05, 3.63) is 0 Å². The Labute approximate surface area is 129 Å². The third kappa shape index (κ3) is 4.39. The molecule has 0 aromatic rings. The van der Waals surface area contributed by atoms with E-state index in [1.807, 2.05) is 14.1 Å². The van der Waals surface area contributed by atoms with Crippen molar-refractivity contribution in [1.82, 2.24) is 13.9 Å². The van der Waals surface area contributed by atoms with Crippen molar-refractivity contribution in [2.24, 2.45) is 5.92 Å². The number of hydrogen-bond acceptors (Lipinski definition) is 4. The first kappa shape index (κ1) is 17.1. The minimum Gasteiger partial charge on any atom is -0.384 e. The summed E-state index contributed by atoms with van der Waals surface area (Å²) >= 11 is 0. The van der Waals surface area contributed by atoms with Crippen LogP contribution in [-0.2, 0) is 14.9 Å². The van der Waals surface area contributed by atoms with Crippen LogP contribution in [-0.4, -0.2) is 70.6 Å². The molecule has 1 saturated heterocycles. The van der Waals surface area contributed by atoms with Crippen molar-refractivity contribution in [3.63, 3.8) is 0 Å². The highest BCUT2D eigenvalue weighted by Crippen LogP contribution is 2.25. The van der Waals surface area contributed by atoms with E-state index in [1.165, 1.54) is 0 Å². The van der Waals surface area contributed by atoms with Gasteiger partial charge in [0.2, 0.25) is 0 Å². The zero-order valence-corrected chi connectivity index (χ0v) is 14.2. The average Bonchev–Trinajstić information content (AvgIpc) is 2.87. The maximum Gasteiger partial charge on any atom is 0.279 e. The van der Waals surface area contributed by atoms with Gasteiger partial charge in [-0.2, -0.15) is 17.4 Å². The highest BCUT2D eigenvalue weighted by Gasteiger charge is 2.35. The number of methoxy groups -OCH3 is 1. The molecule has 2 atom stereocenters. The lowest BCUT2D eigenvalue weighted by molar-refractivity contribution is 0.121. The number of likely N-dealkylation sites (N-methyl/N-ethyl adjacent to an activating group) is 1. The highest BCUT2D eigenvalue weighted by atomic mass is 32.2. The van der Waals surface area contributed by atoms with Crippen LogP contribution in [0.2, 0.25) is 0 Å². The standard InChI is InChI=1S/C14H29N3O3S/c1-16(2)14-6-4-5-13(14)15-21(18,19)17-9-7-12(8-10-17)11-20-3/h12-15H,4-11H2,1-3H3/t13-,14-/m1/s1. The number of hydrogen-bond donors (Lipinski definition) is 1. The van der Waals surface area contributed by atoms with Crippen LogP contribution in [0, 0.1) is 5.92 Å². The summed E-state index contributed by atoms with van der Waals surface area (Å²) in [6.45, 7) is 1.93. The molecule has 1 N–H and O–H groups in total. The van der Waals surface area contributed by atoms with E-state index in [-0.39, 0.29) is 6.04 Å². The summed E-state index contributed by atoms with van der Waals surface area (Å²) in [5, 5.41) is 0. The molecule has 124 valence electrons. The van der Waals surface area contributed by atoms with Crippen LogP contribution in [0.25, 0.3) is 0 Å². The topological polar surface area (TPSA) is 61.9 Å². The molecule has 7 heteroatoms. The maximum absolute atomic E-state index is 12.5. The largest absolute Gasteiger partial charge is 0.384 e. The van der Waals surface area contributed by atoms with E-state index in [0.29, 0.717) is 25.0 Å². The van der Waals surface area contributed by atoms with Gasteiger partial charge in [0.1, 0.15) is 0 Å². The van der Waals surface area contributed by atoms with Crippen molar-refractivity contribution in [2.45, 2.75) is 44.2 Å². The summed E-state index contributed by atoms with van der Waals surface area (Å²) in [5.74, 6) is 0.488. The van der Waals surface area contributed by atoms with Crippen LogP contribution in [0.4, 0.5) is 0 Å². The Kier molecular flexibility index (Phi) is 6.02. The minimum absolute atomic E-state index is 0.0432. The fourth-order valence-corrected chi connectivity index (χ4v) is 5.01. The summed E-state index contributed by atoms with van der Waals surface area (Å²) < 4.78 is 34.8. The zero-order valence-electron chi connectivity index (χ0n) is 13.4. The maximum atomic E-state index is 12.5. The van der Waals surface area contributed by atoms with Crippen molar-refractivity contribution in [1.29, 1.82) is 0 Å². The van der Waals surface area contributed by atoms with Gasteiger partial charge in [0, 0.05) is 38.9 Å². The van der Waals surface area contributed by atoms with E-state index in [1.54, 1.807) is 11.4 Å². The Hall–Kier alpha value is -0.210. The fourth-order valence-electron chi connectivity index (χ4n) is 3.51. The minimum atomic E-state index is -3.36. The van der Waals surface area contributed by atoms with Gasteiger partial charge in [0.25, 0.3) is 10.2 Å². The molecule has 0 unspecified atom stereocenters. The third-order valence-electron chi connectivity index (χ3n) is 4.76. The second-order valence-electron chi connectivity index (χ2n) is 6.49. The van der Waals surface area contributed by atoms with E-state index in [0.717, 1.165) is 38.7 Å². The SMILES string of the molecule is COCC1CCN(S(=O)(=O)N[C@@H]2CCC[C@H]2N(C)C)CC1. The highest BCUT2D eigenvalue weighted by molar-refractivity contribution is 7.87. The molecule has 0 aromatic carbocycles. The Morgan fingerprint density at radius 1 is 1.19 bits per heavy atom. The Morgan fingerprint density at radius 2 is 1.86 bits per heavy atom. The van der Waals surface area contributed by atoms with Gasteiger partial charge >= 0.3 is 0 Å². The summed E-state index contributed by atoms with van der Waals surface area (Å²) in [7, 11) is 2.39. The second kappa shape index (κ2) is 7.37. The molecule has 21 heavy (non-hydrogen) atoms. The van der Waals surface area contributed by atoms with Crippen LogP contribution in [0.3, 0.4) is 0 Å². The number of rotatable bonds is 6. The normalized spacial score (nSPS) is 29.3. The lowest BCUT2D eigenvalue weighted by Gasteiger charge is -2.33. The number of nitrogens with one attached hydrogen (secondary N) is 1. The van der Waals surface area contributed by atoms with Crippen molar-refractivity contribution in [3.8, 4) is 0 Å². The fraction of sp³-hybridized carbons (Fsp3) is 1.00. The molecule has 6 nitrogen and oxygen atoms in total. The molecular formula is C14H29N3O3S. The monoisotopic (exact) mass is 319 g/mol. The molecule has 0 spiro atoms. The van der Waals surface area contributed by atoms with E-state index in [2.05, 4.69) is 9.62 Å². The number of ether oxygens (including phenoxy) is 1. The molecule has 0 bridgehead atoms. The van der Waals surface area contributed by atoms with E-state index in [4.69, 9.17) is 4.74 Å². The van der Waals surface area contributed by atoms with Gasteiger partial charge in [-0.25, -0.2) is 0 Å². The molecule has 0 radical (unpaired) electrons. The Balaban J connectivity index is 1.90. The zero-order chi connectivity index (χ0) is 15.5. The van der Waals surface area contributed by atoms with Gasteiger partial charge in [-0.05, 0) is 45.7 Å². The molecule has 0 amide bonds. The second-order valence-corrected chi connectivity index (χ2v) is 8.19. The van der Waals surface area contributed by atoms with Gasteiger partial charge in [-0.3, -0.25) is 0 Å². The first-order valence-corrected chi connectivity index (χ1v) is 9.31. The van der Waals surface area contributed by atoms with Gasteiger partial charge in [-0.1, -0.05) is 6.42 Å². The van der Waals surface area contributed by atoms with Crippen molar-refractivity contribution >= 4 is 10.2 Å². The smallest absolute Gasteiger partial charge is 0.279 e. The van der Waals surface area contributed by atoms with Crippen molar-refractivity contribution < 1.29 is 13.2 Å².